The molecule has 3 aromatic carbocycles. The average Bonchev–Trinajstić information content (AvgIpc) is 2.63. The van der Waals surface area contributed by atoms with E-state index in [0.29, 0.717) is 14.7 Å². The number of benzene rings is 3. The second-order valence-corrected chi connectivity index (χ2v) is 7.83. The minimum Gasteiger partial charge on any atom is -0.207 e. The van der Waals surface area contributed by atoms with Gasteiger partial charge in [0.25, 0.3) is 0 Å². The van der Waals surface area contributed by atoms with Crippen LogP contribution in [0.3, 0.4) is 0 Å². The Morgan fingerprint density at radius 2 is 0.750 bits per heavy atom. The quantitative estimate of drug-likeness (QED) is 0.319. The highest BCUT2D eigenvalue weighted by atomic mass is 32.2. The molecule has 0 aromatic heterocycles. The third-order valence-electron chi connectivity index (χ3n) is 3.88. The van der Waals surface area contributed by atoms with Crippen molar-refractivity contribution in [2.24, 2.45) is 0 Å². The molecule has 146 valence electrons. The monoisotopic (exact) mass is 417 g/mol. The van der Waals surface area contributed by atoms with Crippen LogP contribution in [-0.2, 0) is 23.2 Å². The zero-order valence-corrected chi connectivity index (χ0v) is 14.8. The minimum atomic E-state index is -4.50. The summed E-state index contributed by atoms with van der Waals surface area (Å²) in [6.45, 7) is 0. The van der Waals surface area contributed by atoms with E-state index in [4.69, 9.17) is 0 Å². The highest BCUT2D eigenvalue weighted by Gasteiger charge is 2.35. The van der Waals surface area contributed by atoms with E-state index in [1.165, 1.54) is 48.5 Å². The predicted octanol–water partition coefficient (Wildman–Crippen LogP) is 6.96. The number of alkyl halides is 6. The molecule has 3 aromatic rings. The smallest absolute Gasteiger partial charge is 0.207 e. The Morgan fingerprint density at radius 1 is 0.464 bits per heavy atom. The molecular weight excluding hydrogens is 405 g/mol. The van der Waals surface area contributed by atoms with Crippen LogP contribution in [0.25, 0.3) is 0 Å². The van der Waals surface area contributed by atoms with Gasteiger partial charge in [0, 0.05) is 0 Å². The van der Waals surface area contributed by atoms with Crippen molar-refractivity contribution in [1.82, 2.24) is 0 Å². The van der Waals surface area contributed by atoms with E-state index in [1.807, 2.05) is 0 Å². The molecule has 3 rings (SSSR count). The normalized spacial score (nSPS) is 12.4. The molecule has 0 unspecified atom stereocenters. The highest BCUT2D eigenvalue weighted by molar-refractivity contribution is 7.97. The van der Waals surface area contributed by atoms with Crippen molar-refractivity contribution in [3.63, 3.8) is 0 Å². The molecule has 8 heteroatoms. The first-order chi connectivity index (χ1) is 13.1. The fraction of sp³-hybridized carbons (Fsp3) is 0.100. The lowest BCUT2D eigenvalue weighted by atomic mass is 10.2. The third-order valence-corrected chi connectivity index (χ3v) is 6.11. The van der Waals surface area contributed by atoms with E-state index in [2.05, 4.69) is 0 Å². The van der Waals surface area contributed by atoms with Gasteiger partial charge in [-0.3, -0.25) is 0 Å². The van der Waals surface area contributed by atoms with Crippen molar-refractivity contribution >= 4 is 10.9 Å². The number of halogens is 7. The van der Waals surface area contributed by atoms with Crippen molar-refractivity contribution in [1.29, 1.82) is 0 Å². The molecule has 0 aliphatic heterocycles. The molecule has 0 amide bonds. The fourth-order valence-corrected chi connectivity index (χ4v) is 4.58. The lowest BCUT2D eigenvalue weighted by Gasteiger charge is -2.11. The summed E-state index contributed by atoms with van der Waals surface area (Å²) in [5.41, 5.74) is -1.65. The highest BCUT2D eigenvalue weighted by Crippen LogP contribution is 2.36. The molecule has 0 fully saturated rings. The Bertz CT molecular complexity index is 867. The SMILES string of the molecule is Fc1ccc([S+](c2ccc(C(F)(F)F)cc2)c2ccc(C(F)(F)F)cc2)cc1. The van der Waals surface area contributed by atoms with E-state index in [1.54, 1.807) is 0 Å². The van der Waals surface area contributed by atoms with Crippen molar-refractivity contribution in [2.75, 3.05) is 0 Å². The summed E-state index contributed by atoms with van der Waals surface area (Å²) in [7, 11) is -0.994. The van der Waals surface area contributed by atoms with Gasteiger partial charge < -0.3 is 0 Å². The molecule has 0 atom stereocenters. The van der Waals surface area contributed by atoms with Crippen molar-refractivity contribution in [3.8, 4) is 0 Å². The van der Waals surface area contributed by atoms with Gasteiger partial charge in [-0.15, -0.1) is 0 Å². The maximum Gasteiger partial charge on any atom is 0.416 e. The van der Waals surface area contributed by atoms with Gasteiger partial charge in [0.05, 0.1) is 22.0 Å². The van der Waals surface area contributed by atoms with Crippen LogP contribution < -0.4 is 0 Å². The Balaban J connectivity index is 2.06. The van der Waals surface area contributed by atoms with Crippen LogP contribution >= 0.6 is 0 Å². The molecule has 0 aliphatic rings. The minimum absolute atomic E-state index is 0.472. The van der Waals surface area contributed by atoms with E-state index in [0.717, 1.165) is 24.3 Å². The first-order valence-corrected chi connectivity index (χ1v) is 9.12. The Labute approximate surface area is 159 Å². The molecule has 0 spiro atoms. The summed E-state index contributed by atoms with van der Waals surface area (Å²) in [5.74, 6) is -0.493. The number of hydrogen-bond donors (Lipinski definition) is 0. The van der Waals surface area contributed by atoms with E-state index in [-0.39, 0.29) is 0 Å². The summed E-state index contributed by atoms with van der Waals surface area (Å²) < 4.78 is 90.2. The van der Waals surface area contributed by atoms with Gasteiger partial charge in [0.15, 0.2) is 14.7 Å². The molecule has 0 nitrogen and oxygen atoms in total. The first kappa shape index (κ1) is 20.3. The van der Waals surface area contributed by atoms with E-state index in [9.17, 15) is 30.7 Å². The fourth-order valence-electron chi connectivity index (χ4n) is 2.54. The molecule has 0 heterocycles. The number of hydrogen-bond acceptors (Lipinski definition) is 0. The van der Waals surface area contributed by atoms with Crippen molar-refractivity contribution < 1.29 is 30.7 Å². The summed E-state index contributed by atoms with van der Waals surface area (Å²) >= 11 is 0. The molecule has 0 aliphatic carbocycles. The van der Waals surface area contributed by atoms with Gasteiger partial charge in [0.2, 0.25) is 0 Å². The van der Waals surface area contributed by atoms with Crippen LogP contribution in [-0.4, -0.2) is 0 Å². The second kappa shape index (κ2) is 7.50. The van der Waals surface area contributed by atoms with Gasteiger partial charge in [0.1, 0.15) is 5.82 Å². The van der Waals surface area contributed by atoms with Crippen molar-refractivity contribution in [3.05, 3.63) is 89.7 Å². The van der Waals surface area contributed by atoms with Crippen LogP contribution in [0, 0.1) is 5.82 Å². The average molecular weight is 417 g/mol. The molecule has 0 saturated heterocycles. The van der Waals surface area contributed by atoms with Gasteiger partial charge in [-0.1, -0.05) is 0 Å². The molecule has 0 radical (unpaired) electrons. The van der Waals surface area contributed by atoms with E-state index >= 15 is 0 Å². The second-order valence-electron chi connectivity index (χ2n) is 5.80. The van der Waals surface area contributed by atoms with Crippen LogP contribution in [0.2, 0.25) is 0 Å². The predicted molar refractivity (Wildman–Crippen MR) is 91.5 cm³/mol. The van der Waals surface area contributed by atoms with Gasteiger partial charge >= 0.3 is 12.4 Å². The maximum absolute atomic E-state index is 13.3. The van der Waals surface area contributed by atoms with Crippen LogP contribution in [0.4, 0.5) is 30.7 Å². The largest absolute Gasteiger partial charge is 0.416 e. The summed E-state index contributed by atoms with van der Waals surface area (Å²) in [4.78, 5) is 1.51. The molecule has 0 saturated carbocycles. The van der Waals surface area contributed by atoms with Gasteiger partial charge in [-0.05, 0) is 72.8 Å². The Kier molecular flexibility index (Phi) is 5.43. The van der Waals surface area contributed by atoms with Gasteiger partial charge in [-0.2, -0.15) is 26.3 Å². The van der Waals surface area contributed by atoms with Crippen LogP contribution in [0.15, 0.2) is 87.5 Å². The summed E-state index contributed by atoms with van der Waals surface area (Å²) in [6.07, 6.45) is -9.00. The lowest BCUT2D eigenvalue weighted by Crippen LogP contribution is -2.09. The lowest BCUT2D eigenvalue weighted by molar-refractivity contribution is -0.138. The number of rotatable bonds is 3. The van der Waals surface area contributed by atoms with Crippen LogP contribution in [0.5, 0.6) is 0 Å². The van der Waals surface area contributed by atoms with E-state index < -0.39 is 40.2 Å². The summed E-state index contributed by atoms with van der Waals surface area (Å²) in [5, 5.41) is 0. The van der Waals surface area contributed by atoms with Crippen LogP contribution in [0.1, 0.15) is 11.1 Å². The Morgan fingerprint density at radius 3 is 1.04 bits per heavy atom. The Hall–Kier alpha value is -2.48. The standard InChI is InChI=1S/C20H12F7S/c21-15-5-11-18(12-6-15)28(16-7-1-13(2-8-16)19(22,23)24)17-9-3-14(4-10-17)20(25,26)27/h1-12H/q+1. The molecular formula is C20H12F7S+. The maximum atomic E-state index is 13.3. The first-order valence-electron chi connectivity index (χ1n) is 7.90. The summed E-state index contributed by atoms with van der Waals surface area (Å²) in [6, 6.07) is 14.1. The zero-order chi connectivity index (χ0) is 20.5. The van der Waals surface area contributed by atoms with Gasteiger partial charge in [-0.25, -0.2) is 4.39 Å². The zero-order valence-electron chi connectivity index (χ0n) is 14.0. The van der Waals surface area contributed by atoms with Crippen molar-refractivity contribution in [2.45, 2.75) is 27.0 Å². The molecule has 0 bridgehead atoms. The molecule has 28 heavy (non-hydrogen) atoms. The molecule has 0 N–H and O–H groups in total. The topological polar surface area (TPSA) is 0 Å². The third kappa shape index (κ3) is 4.49.